The lowest BCUT2D eigenvalue weighted by molar-refractivity contribution is 0.0946. The van der Waals surface area contributed by atoms with Crippen molar-refractivity contribution in [3.8, 4) is 0 Å². The van der Waals surface area contributed by atoms with Gasteiger partial charge in [0.15, 0.2) is 5.69 Å². The van der Waals surface area contributed by atoms with Crippen molar-refractivity contribution in [2.75, 3.05) is 13.1 Å². The van der Waals surface area contributed by atoms with Crippen molar-refractivity contribution in [2.45, 2.75) is 25.4 Å². The lowest BCUT2D eigenvalue weighted by atomic mass is 10.1. The summed E-state index contributed by atoms with van der Waals surface area (Å²) in [5.74, 6) is -0.213. The largest absolute Gasteiger partial charge is 0.344 e. The summed E-state index contributed by atoms with van der Waals surface area (Å²) >= 11 is 1.59. The third-order valence-electron chi connectivity index (χ3n) is 4.16. The minimum atomic E-state index is -0.213. The Balaban J connectivity index is 1.39. The Morgan fingerprint density at radius 1 is 1.33 bits per heavy atom. The minimum absolute atomic E-state index is 0.213. The summed E-state index contributed by atoms with van der Waals surface area (Å²) in [4.78, 5) is 16.8. The van der Waals surface area contributed by atoms with Gasteiger partial charge in [-0.1, -0.05) is 17.3 Å². The molecule has 0 saturated carbocycles. The Morgan fingerprint density at radius 3 is 3.00 bits per heavy atom. The van der Waals surface area contributed by atoms with E-state index in [2.05, 4.69) is 25.9 Å². The van der Waals surface area contributed by atoms with Crippen LogP contribution in [0.25, 0.3) is 10.2 Å². The molecule has 1 aliphatic heterocycles. The van der Waals surface area contributed by atoms with E-state index in [0.717, 1.165) is 41.2 Å². The predicted molar refractivity (Wildman–Crippen MR) is 92.0 cm³/mol. The monoisotopic (exact) mass is 342 g/mol. The molecule has 3 aromatic rings. The number of fused-ring (bicyclic) bond motifs is 1. The van der Waals surface area contributed by atoms with Gasteiger partial charge in [0.25, 0.3) is 5.91 Å². The van der Waals surface area contributed by atoms with E-state index in [1.54, 1.807) is 17.5 Å². The van der Waals surface area contributed by atoms with Crippen LogP contribution in [-0.2, 0) is 6.54 Å². The summed E-state index contributed by atoms with van der Waals surface area (Å²) in [6, 6.07) is 8.28. The molecule has 2 N–H and O–H groups in total. The van der Waals surface area contributed by atoms with E-state index in [1.807, 2.05) is 28.9 Å². The lowest BCUT2D eigenvalue weighted by Crippen LogP contribution is -2.29. The summed E-state index contributed by atoms with van der Waals surface area (Å²) in [6.45, 7) is 2.35. The second kappa shape index (κ2) is 6.66. The Kier molecular flexibility index (Phi) is 4.22. The van der Waals surface area contributed by atoms with Gasteiger partial charge in [-0.05, 0) is 38.1 Å². The average molecular weight is 342 g/mol. The van der Waals surface area contributed by atoms with Gasteiger partial charge in [-0.3, -0.25) is 4.79 Å². The summed E-state index contributed by atoms with van der Waals surface area (Å²) < 4.78 is 2.94. The molecule has 1 saturated heterocycles. The number of piperidine rings is 1. The van der Waals surface area contributed by atoms with Gasteiger partial charge in [0.1, 0.15) is 5.01 Å². The molecule has 1 aliphatic rings. The number of para-hydroxylation sites is 1. The summed E-state index contributed by atoms with van der Waals surface area (Å²) in [6.07, 6.45) is 3.76. The zero-order chi connectivity index (χ0) is 16.4. The van der Waals surface area contributed by atoms with E-state index in [0.29, 0.717) is 18.3 Å². The highest BCUT2D eigenvalue weighted by Gasteiger charge is 2.18. The lowest BCUT2D eigenvalue weighted by Gasteiger charge is -2.22. The normalized spacial score (nSPS) is 15.7. The molecule has 4 rings (SSSR count). The number of amides is 1. The summed E-state index contributed by atoms with van der Waals surface area (Å²) in [5.41, 5.74) is 1.32. The average Bonchev–Trinajstić information content (AvgIpc) is 3.27. The van der Waals surface area contributed by atoms with E-state index in [9.17, 15) is 4.79 Å². The Labute approximate surface area is 143 Å². The summed E-state index contributed by atoms with van der Waals surface area (Å²) in [7, 11) is 0. The van der Waals surface area contributed by atoms with Crippen molar-refractivity contribution in [1.82, 2.24) is 30.6 Å². The fourth-order valence-corrected chi connectivity index (χ4v) is 3.78. The fourth-order valence-electron chi connectivity index (χ4n) is 2.87. The van der Waals surface area contributed by atoms with Crippen LogP contribution in [-0.4, -0.2) is 39.0 Å². The van der Waals surface area contributed by atoms with Gasteiger partial charge in [0, 0.05) is 0 Å². The molecule has 0 atom stereocenters. The van der Waals surface area contributed by atoms with Crippen LogP contribution in [0.4, 0.5) is 0 Å². The van der Waals surface area contributed by atoms with Crippen molar-refractivity contribution in [2.24, 2.45) is 0 Å². The highest BCUT2D eigenvalue weighted by molar-refractivity contribution is 7.18. The molecule has 0 bridgehead atoms. The molecule has 0 radical (unpaired) electrons. The second-order valence-electron chi connectivity index (χ2n) is 5.82. The molecule has 124 valence electrons. The Bertz CT molecular complexity index is 818. The van der Waals surface area contributed by atoms with Crippen LogP contribution in [0.15, 0.2) is 30.5 Å². The molecule has 7 nitrogen and oxygen atoms in total. The van der Waals surface area contributed by atoms with Crippen LogP contribution < -0.4 is 10.6 Å². The Hall–Kier alpha value is -2.32. The van der Waals surface area contributed by atoms with E-state index in [-0.39, 0.29) is 5.91 Å². The molecule has 3 heterocycles. The highest BCUT2D eigenvalue weighted by atomic mass is 32.1. The van der Waals surface area contributed by atoms with Gasteiger partial charge < -0.3 is 10.6 Å². The zero-order valence-corrected chi connectivity index (χ0v) is 13.9. The van der Waals surface area contributed by atoms with Gasteiger partial charge in [0.2, 0.25) is 0 Å². The van der Waals surface area contributed by atoms with Crippen LogP contribution >= 0.6 is 11.3 Å². The first-order chi connectivity index (χ1) is 11.8. The molecule has 0 spiro atoms. The number of carbonyl (C=O) groups excluding carboxylic acids is 1. The van der Waals surface area contributed by atoms with Gasteiger partial charge in [-0.15, -0.1) is 16.4 Å². The van der Waals surface area contributed by atoms with Gasteiger partial charge in [-0.25, -0.2) is 9.67 Å². The van der Waals surface area contributed by atoms with Crippen molar-refractivity contribution in [1.29, 1.82) is 0 Å². The van der Waals surface area contributed by atoms with Crippen LogP contribution in [0, 0.1) is 0 Å². The second-order valence-corrected chi connectivity index (χ2v) is 6.94. The van der Waals surface area contributed by atoms with E-state index < -0.39 is 0 Å². The molecule has 0 aliphatic carbocycles. The molecule has 1 fully saturated rings. The number of nitrogens with one attached hydrogen (secondary N) is 2. The van der Waals surface area contributed by atoms with Crippen molar-refractivity contribution in [3.05, 3.63) is 41.2 Å². The number of aromatic nitrogens is 4. The number of hydrogen-bond donors (Lipinski definition) is 2. The molecule has 24 heavy (non-hydrogen) atoms. The first-order valence-corrected chi connectivity index (χ1v) is 8.86. The minimum Gasteiger partial charge on any atom is -0.344 e. The predicted octanol–water partition coefficient (Wildman–Crippen LogP) is 1.74. The first-order valence-electron chi connectivity index (χ1n) is 8.05. The molecule has 0 unspecified atom stereocenters. The maximum atomic E-state index is 12.3. The quantitative estimate of drug-likeness (QED) is 0.754. The molecular formula is C16H18N6OS. The topological polar surface area (TPSA) is 84.7 Å². The molecule has 1 amide bonds. The maximum Gasteiger partial charge on any atom is 0.273 e. The third kappa shape index (κ3) is 3.15. The molecule has 1 aromatic carbocycles. The van der Waals surface area contributed by atoms with E-state index in [4.69, 9.17) is 0 Å². The van der Waals surface area contributed by atoms with Crippen LogP contribution in [0.3, 0.4) is 0 Å². The van der Waals surface area contributed by atoms with Crippen molar-refractivity contribution in [3.63, 3.8) is 0 Å². The van der Waals surface area contributed by atoms with Gasteiger partial charge in [-0.2, -0.15) is 0 Å². The number of hydrogen-bond acceptors (Lipinski definition) is 6. The van der Waals surface area contributed by atoms with Gasteiger partial charge >= 0.3 is 0 Å². The Morgan fingerprint density at radius 2 is 2.17 bits per heavy atom. The zero-order valence-electron chi connectivity index (χ0n) is 13.1. The number of benzene rings is 1. The van der Waals surface area contributed by atoms with Crippen LogP contribution in [0.2, 0.25) is 0 Å². The van der Waals surface area contributed by atoms with E-state index >= 15 is 0 Å². The highest BCUT2D eigenvalue weighted by Crippen LogP contribution is 2.21. The van der Waals surface area contributed by atoms with Crippen molar-refractivity contribution >= 4 is 27.5 Å². The first kappa shape index (κ1) is 15.2. The summed E-state index contributed by atoms with van der Waals surface area (Å²) in [5, 5.41) is 15.2. The SMILES string of the molecule is O=C(NCc1nc2ccccc2s1)c1cn(C2CCNCC2)nn1. The third-order valence-corrected chi connectivity index (χ3v) is 5.20. The number of nitrogens with zero attached hydrogens (tertiary/aromatic N) is 4. The van der Waals surface area contributed by atoms with Gasteiger partial charge in [0.05, 0.1) is 29.0 Å². The molecule has 8 heteroatoms. The number of carbonyl (C=O) groups is 1. The maximum absolute atomic E-state index is 12.3. The van der Waals surface area contributed by atoms with Crippen molar-refractivity contribution < 1.29 is 4.79 Å². The fraction of sp³-hybridized carbons (Fsp3) is 0.375. The number of thiazole rings is 1. The van der Waals surface area contributed by atoms with Crippen LogP contribution in [0.1, 0.15) is 34.4 Å². The smallest absolute Gasteiger partial charge is 0.273 e. The number of rotatable bonds is 4. The molecule has 2 aromatic heterocycles. The molecular weight excluding hydrogens is 324 g/mol. The standard InChI is InChI=1S/C16H18N6OS/c23-16(13-10-22(21-20-13)11-5-7-17-8-6-11)18-9-15-19-12-3-1-2-4-14(12)24-15/h1-4,10-11,17H,5-9H2,(H,18,23). The van der Waals surface area contributed by atoms with Crippen LogP contribution in [0.5, 0.6) is 0 Å². The van der Waals surface area contributed by atoms with E-state index in [1.165, 1.54) is 0 Å².